The minimum atomic E-state index is 0.110. The van der Waals surface area contributed by atoms with Gasteiger partial charge in [-0.1, -0.05) is 13.8 Å². The van der Waals surface area contributed by atoms with Crippen LogP contribution in [-0.4, -0.2) is 239 Å². The number of nitrogens with one attached hydrogen (secondary N) is 8. The lowest BCUT2D eigenvalue weighted by atomic mass is 9.90. The fraction of sp³-hybridized carbons (Fsp3) is 0.786. The molecule has 5 aliphatic heterocycles. The third kappa shape index (κ3) is 32.5. The molecule has 1 atom stereocenters. The number of carbonyl (C=O) groups is 5. The Kier molecular flexibility index (Phi) is 36.9. The van der Waals surface area contributed by atoms with Crippen molar-refractivity contribution >= 4 is 29.3 Å². The first-order valence-electron chi connectivity index (χ1n) is 37.1. The molecule has 0 saturated carbocycles. The summed E-state index contributed by atoms with van der Waals surface area (Å²) in [6, 6.07) is 3.87. The van der Waals surface area contributed by atoms with E-state index >= 15 is 0 Å². The van der Waals surface area contributed by atoms with Gasteiger partial charge < -0.3 is 35.6 Å². The van der Waals surface area contributed by atoms with Crippen LogP contribution in [0.3, 0.4) is 0 Å². The van der Waals surface area contributed by atoms with E-state index in [-0.39, 0.29) is 11.8 Å². The maximum Gasteiger partial charge on any atom is 0.222 e. The van der Waals surface area contributed by atoms with E-state index in [0.717, 1.165) is 177 Å². The van der Waals surface area contributed by atoms with E-state index in [1.54, 1.807) is 31.0 Å². The highest BCUT2D eigenvalue weighted by Crippen LogP contribution is 2.26. The molecule has 0 radical (unpaired) electrons. The van der Waals surface area contributed by atoms with E-state index in [9.17, 15) is 24.0 Å². The summed E-state index contributed by atoms with van der Waals surface area (Å²) in [5, 5.41) is 61.1. The summed E-state index contributed by atoms with van der Waals surface area (Å²) < 4.78 is 0. The summed E-state index contributed by atoms with van der Waals surface area (Å²) >= 11 is 0. The van der Waals surface area contributed by atoms with Gasteiger partial charge in [0.15, 0.2) is 0 Å². The van der Waals surface area contributed by atoms with Crippen molar-refractivity contribution in [2.45, 2.75) is 272 Å². The summed E-state index contributed by atoms with van der Waals surface area (Å²) in [4.78, 5) is 71.4. The first kappa shape index (κ1) is 80.2. The van der Waals surface area contributed by atoms with Gasteiger partial charge in [0.2, 0.25) is 17.7 Å². The summed E-state index contributed by atoms with van der Waals surface area (Å²) in [5.41, 5.74) is 4.55. The monoisotopic (exact) mass is 1370 g/mol. The Hall–Kier alpha value is -6.75. The Balaban J connectivity index is 0.000000193. The molecule has 0 bridgehead atoms. The number of aromatic amines is 5. The topological polar surface area (TPSA) is 345 Å². The fourth-order valence-corrected chi connectivity index (χ4v) is 13.3. The number of Topliss-reactive ketones (excluding diaryl/α,β-unsaturated/α-hetero) is 2. The van der Waals surface area contributed by atoms with Crippen molar-refractivity contribution in [2.24, 2.45) is 17.8 Å². The minimum absolute atomic E-state index is 0.110. The maximum absolute atomic E-state index is 12.2. The molecule has 0 spiro atoms. The first-order chi connectivity index (χ1) is 47.2. The summed E-state index contributed by atoms with van der Waals surface area (Å²) in [7, 11) is 0. The van der Waals surface area contributed by atoms with Crippen molar-refractivity contribution in [1.82, 2.24) is 118 Å². The van der Waals surface area contributed by atoms with Gasteiger partial charge in [-0.15, -0.1) is 0 Å². The second kappa shape index (κ2) is 45.1. The molecule has 3 amide bonds. The first-order valence-corrected chi connectivity index (χ1v) is 37.1. The van der Waals surface area contributed by atoms with Crippen molar-refractivity contribution in [3.63, 3.8) is 0 Å². The van der Waals surface area contributed by atoms with Gasteiger partial charge in [0.05, 0.1) is 60.3 Å². The van der Waals surface area contributed by atoms with Crippen LogP contribution in [0.5, 0.6) is 0 Å². The van der Waals surface area contributed by atoms with Crippen molar-refractivity contribution in [1.29, 1.82) is 0 Å². The molecule has 5 fully saturated rings. The lowest BCUT2D eigenvalue weighted by Gasteiger charge is -2.41. The van der Waals surface area contributed by atoms with Crippen LogP contribution in [-0.2, 0) is 56.2 Å². The SMILES string of the molecule is CC(C)N1CC(CC(=O)CCCc2cn[nH]n2)C1.CC(C)N1CCC(CC(=O)CCCc2cn[nH]n2)CC1.CC(C)N1CCC(CCC(=O)NCc2cn[nH]n2)CC1.CC(C)N1CCC(NC(=O)CCCc2cn[nH]n2)C1.CC(C)NC1CCN(C(=O)CCCCc2cn[nH]n2)CC1. The quantitative estimate of drug-likeness (QED) is 0.0193. The number of rotatable bonds is 33. The van der Waals surface area contributed by atoms with E-state index in [1.807, 2.05) is 4.90 Å². The van der Waals surface area contributed by atoms with Gasteiger partial charge in [-0.05, 0) is 208 Å². The number of unbranched alkanes of at least 4 members (excludes halogenated alkanes) is 1. The van der Waals surface area contributed by atoms with E-state index in [0.29, 0.717) is 116 Å². The number of aryl methyl sites for hydroxylation is 4. The molecule has 5 saturated heterocycles. The molecule has 10 rings (SSSR count). The lowest BCUT2D eigenvalue weighted by Crippen LogP contribution is -2.50. The van der Waals surface area contributed by atoms with Gasteiger partial charge in [0, 0.05) is 127 Å². The van der Waals surface area contributed by atoms with Gasteiger partial charge in [-0.3, -0.25) is 28.9 Å². The highest BCUT2D eigenvalue weighted by Gasteiger charge is 2.31. The van der Waals surface area contributed by atoms with Crippen LogP contribution in [0, 0.1) is 17.8 Å². The summed E-state index contributed by atoms with van der Waals surface area (Å²) in [6.07, 6.45) is 30.1. The molecule has 5 aromatic heterocycles. The van der Waals surface area contributed by atoms with Crippen LogP contribution in [0.4, 0.5) is 0 Å². The normalized spacial score (nSPS) is 17.8. The third-order valence-electron chi connectivity index (χ3n) is 19.5. The molecule has 1 unspecified atom stereocenters. The molecule has 0 aliphatic carbocycles. The standard InChI is InChI=1S/C15H27N5O.C15H26N4O.C14H25N5O.C13H23N5O.C13H22N4O/c1-12(2)17-13-7-9-20(10-8-13)15(21)6-4-3-5-14-11-16-19-18-14;1-12(2)19-8-6-13(7-9-19)10-15(20)5-3-4-14-11-16-18-17-14;1-11(2)19-7-5-12(6-8-19)3-4-14(20)15-9-13-10-16-18-17-13;1-10(2)18-7-6-12(9-18)15-13(19)5-3-4-11-8-14-17-16-11;1-10(2)17-8-11(9-17)6-13(18)5-3-4-12-7-14-16-15-12/h11-13,17H,3-10H2,1-2H3,(H,16,18,19);11-13H,3-10H2,1-2H3,(H,16,17,18);10-12H,3-9H2,1-2H3,(H,15,20)(H,16,17,18);8,10,12H,3-7,9H2,1-2H3,(H,15,19)(H,14,16,17);7,10-11H,3-6,8-9H2,1-2H3,(H,14,15,16). The van der Waals surface area contributed by atoms with Crippen molar-refractivity contribution in [3.05, 3.63) is 59.5 Å². The molecule has 98 heavy (non-hydrogen) atoms. The van der Waals surface area contributed by atoms with Crippen LogP contribution in [0.2, 0.25) is 0 Å². The predicted octanol–water partition coefficient (Wildman–Crippen LogP) is 7.19. The largest absolute Gasteiger partial charge is 0.352 e. The Labute approximate surface area is 583 Å². The van der Waals surface area contributed by atoms with Crippen LogP contribution >= 0.6 is 0 Å². The number of hydrogen-bond donors (Lipinski definition) is 8. The van der Waals surface area contributed by atoms with Gasteiger partial charge in [0.25, 0.3) is 0 Å². The zero-order chi connectivity index (χ0) is 70.4. The molecule has 5 aromatic rings. The Morgan fingerprint density at radius 3 is 1.28 bits per heavy atom. The zero-order valence-electron chi connectivity index (χ0n) is 61.2. The van der Waals surface area contributed by atoms with E-state index < -0.39 is 0 Å². The number of H-pyrrole nitrogens is 5. The highest BCUT2D eigenvalue weighted by molar-refractivity contribution is 5.79. The minimum Gasteiger partial charge on any atom is -0.352 e. The van der Waals surface area contributed by atoms with E-state index in [4.69, 9.17) is 0 Å². The second-order valence-electron chi connectivity index (χ2n) is 29.1. The fourth-order valence-electron chi connectivity index (χ4n) is 13.3. The molecule has 548 valence electrons. The predicted molar refractivity (Wildman–Crippen MR) is 379 cm³/mol. The molecule has 5 aliphatic rings. The molecular formula is C70H123N23O5. The number of hydrogen-bond acceptors (Lipinski definition) is 20. The van der Waals surface area contributed by atoms with Crippen molar-refractivity contribution < 1.29 is 24.0 Å². The number of piperidine rings is 3. The highest BCUT2D eigenvalue weighted by atomic mass is 16.2. The van der Waals surface area contributed by atoms with Gasteiger partial charge >= 0.3 is 0 Å². The van der Waals surface area contributed by atoms with Crippen LogP contribution in [0.25, 0.3) is 0 Å². The average molecular weight is 1370 g/mol. The van der Waals surface area contributed by atoms with Crippen LogP contribution < -0.4 is 16.0 Å². The molecule has 10 heterocycles. The molecule has 28 heteroatoms. The van der Waals surface area contributed by atoms with Gasteiger partial charge in [0.1, 0.15) is 17.3 Å². The Morgan fingerprint density at radius 2 is 0.837 bits per heavy atom. The Bertz CT molecular complexity index is 2860. The lowest BCUT2D eigenvalue weighted by molar-refractivity contribution is -0.132. The summed E-state index contributed by atoms with van der Waals surface area (Å²) in [5.74, 6) is 3.26. The van der Waals surface area contributed by atoms with E-state index in [1.165, 1.54) is 38.8 Å². The average Bonchev–Trinajstić information content (AvgIpc) is 1.23. The molecule has 0 aromatic carbocycles. The molecule has 28 nitrogen and oxygen atoms in total. The smallest absolute Gasteiger partial charge is 0.222 e. The maximum atomic E-state index is 12.2. The Morgan fingerprint density at radius 1 is 0.418 bits per heavy atom. The number of aromatic nitrogens is 15. The van der Waals surface area contributed by atoms with E-state index in [2.05, 4.69) is 182 Å². The zero-order valence-corrected chi connectivity index (χ0v) is 61.2. The summed E-state index contributed by atoms with van der Waals surface area (Å²) in [6.45, 7) is 33.3. The van der Waals surface area contributed by atoms with Crippen LogP contribution in [0.1, 0.15) is 226 Å². The van der Waals surface area contributed by atoms with Gasteiger partial charge in [-0.2, -0.15) is 77.1 Å². The van der Waals surface area contributed by atoms with Gasteiger partial charge in [-0.25, -0.2) is 0 Å². The number of nitrogens with zero attached hydrogens (tertiary/aromatic N) is 15. The number of amides is 3. The number of carbonyl (C=O) groups excluding carboxylic acids is 5. The molecule has 8 N–H and O–H groups in total. The number of ketones is 2. The van der Waals surface area contributed by atoms with Crippen LogP contribution in [0.15, 0.2) is 31.0 Å². The van der Waals surface area contributed by atoms with Crippen molar-refractivity contribution in [2.75, 3.05) is 65.4 Å². The third-order valence-corrected chi connectivity index (χ3v) is 19.5. The molecular weight excluding hydrogens is 1240 g/mol. The second-order valence-corrected chi connectivity index (χ2v) is 29.1. The number of likely N-dealkylation sites (tertiary alicyclic amines) is 5. The van der Waals surface area contributed by atoms with Crippen molar-refractivity contribution in [3.8, 4) is 0 Å².